The minimum absolute atomic E-state index is 0.632. The summed E-state index contributed by atoms with van der Waals surface area (Å²) in [5.41, 5.74) is 14.0. The zero-order chi connectivity index (χ0) is 10.1. The average molecular weight is 209 g/mol. The van der Waals surface area contributed by atoms with Crippen LogP contribution in [-0.2, 0) is 0 Å². The Hall–Kier alpha value is -1.15. The lowest BCUT2D eigenvalue weighted by atomic mass is 10.1. The van der Waals surface area contributed by atoms with Crippen LogP contribution >= 0.6 is 11.6 Å². The molecule has 0 unspecified atom stereocenters. The van der Waals surface area contributed by atoms with E-state index < -0.39 is 0 Å². The van der Waals surface area contributed by atoms with Crippen LogP contribution in [0.2, 0.25) is 5.02 Å². The van der Waals surface area contributed by atoms with Gasteiger partial charge in [0.2, 0.25) is 0 Å². The van der Waals surface area contributed by atoms with Crippen molar-refractivity contribution in [1.82, 2.24) is 0 Å². The van der Waals surface area contributed by atoms with Gasteiger partial charge in [-0.25, -0.2) is 0 Å². The smallest absolute Gasteiger partial charge is 0.0461 e. The quantitative estimate of drug-likeness (QED) is 0.735. The van der Waals surface area contributed by atoms with E-state index in [0.29, 0.717) is 11.6 Å². The highest BCUT2D eigenvalue weighted by atomic mass is 35.5. The number of halogens is 1. The summed E-state index contributed by atoms with van der Waals surface area (Å²) in [7, 11) is 0. The van der Waals surface area contributed by atoms with Crippen molar-refractivity contribution in [2.75, 3.05) is 5.73 Å². The molecule has 1 saturated carbocycles. The van der Waals surface area contributed by atoms with Crippen LogP contribution in [0, 0.1) is 0 Å². The maximum Gasteiger partial charge on any atom is 0.0461 e. The fourth-order valence-electron chi connectivity index (χ4n) is 1.58. The first kappa shape index (κ1) is 9.41. The van der Waals surface area contributed by atoms with E-state index in [0.717, 1.165) is 10.6 Å². The largest absolute Gasteiger partial charge is 0.405 e. The van der Waals surface area contributed by atoms with Crippen molar-refractivity contribution in [3.63, 3.8) is 0 Å². The fraction of sp³-hybridized carbons (Fsp3) is 0.273. The van der Waals surface area contributed by atoms with Crippen molar-refractivity contribution < 1.29 is 0 Å². The Morgan fingerprint density at radius 2 is 2.07 bits per heavy atom. The van der Waals surface area contributed by atoms with Gasteiger partial charge in [-0.2, -0.15) is 0 Å². The van der Waals surface area contributed by atoms with Gasteiger partial charge < -0.3 is 11.5 Å². The van der Waals surface area contributed by atoms with Gasteiger partial charge in [0, 0.05) is 10.7 Å². The normalized spacial score (nSPS) is 16.4. The minimum Gasteiger partial charge on any atom is -0.405 e. The van der Waals surface area contributed by atoms with Crippen LogP contribution in [0.25, 0.3) is 6.08 Å². The van der Waals surface area contributed by atoms with E-state index in [2.05, 4.69) is 0 Å². The first-order chi connectivity index (χ1) is 6.72. The molecule has 74 valence electrons. The molecule has 0 amide bonds. The molecule has 0 aliphatic heterocycles. The van der Waals surface area contributed by atoms with Crippen LogP contribution in [-0.4, -0.2) is 0 Å². The van der Waals surface area contributed by atoms with Gasteiger partial charge in [0.1, 0.15) is 0 Å². The molecule has 4 N–H and O–H groups in total. The third-order valence-electron chi connectivity index (χ3n) is 2.50. The lowest BCUT2D eigenvalue weighted by Crippen LogP contribution is -1.93. The van der Waals surface area contributed by atoms with Crippen LogP contribution < -0.4 is 11.5 Å². The molecule has 2 rings (SSSR count). The molecule has 1 aliphatic rings. The molecule has 14 heavy (non-hydrogen) atoms. The third-order valence-corrected chi connectivity index (χ3v) is 2.82. The molecule has 0 spiro atoms. The van der Waals surface area contributed by atoms with E-state index in [1.165, 1.54) is 24.6 Å². The van der Waals surface area contributed by atoms with Gasteiger partial charge in [-0.1, -0.05) is 11.6 Å². The molecule has 3 heteroatoms. The minimum atomic E-state index is 0.632. The summed E-state index contributed by atoms with van der Waals surface area (Å²) in [4.78, 5) is 0. The number of nitrogens with two attached hydrogens (primary N) is 2. The topological polar surface area (TPSA) is 52.0 Å². The third kappa shape index (κ3) is 1.70. The maximum absolute atomic E-state index is 6.10. The molecule has 0 saturated heterocycles. The first-order valence-electron chi connectivity index (χ1n) is 4.69. The number of rotatable bonds is 2. The number of hydrogen-bond donors (Lipinski definition) is 2. The summed E-state index contributed by atoms with van der Waals surface area (Å²) in [5.74, 6) is 0.632. The second-order valence-electron chi connectivity index (χ2n) is 3.64. The summed E-state index contributed by atoms with van der Waals surface area (Å²) in [6.07, 6.45) is 5.76. The first-order valence-corrected chi connectivity index (χ1v) is 5.07. The SMILES string of the molecule is N/C=C\c1cc(C2CC2)c(Cl)cc1N. The summed E-state index contributed by atoms with van der Waals surface area (Å²) >= 11 is 6.10. The van der Waals surface area contributed by atoms with E-state index in [9.17, 15) is 0 Å². The molecule has 0 heterocycles. The highest BCUT2D eigenvalue weighted by molar-refractivity contribution is 6.31. The van der Waals surface area contributed by atoms with Gasteiger partial charge in [0.25, 0.3) is 0 Å². The molecule has 1 aromatic carbocycles. The van der Waals surface area contributed by atoms with Gasteiger partial charge >= 0.3 is 0 Å². The number of hydrogen-bond acceptors (Lipinski definition) is 2. The maximum atomic E-state index is 6.10. The lowest BCUT2D eigenvalue weighted by Gasteiger charge is -2.07. The Labute approximate surface area is 88.5 Å². The molecule has 0 bridgehead atoms. The van der Waals surface area contributed by atoms with E-state index in [1.54, 1.807) is 6.08 Å². The van der Waals surface area contributed by atoms with Gasteiger partial charge in [0.05, 0.1) is 0 Å². The molecular weight excluding hydrogens is 196 g/mol. The van der Waals surface area contributed by atoms with Crippen LogP contribution in [0.4, 0.5) is 5.69 Å². The Balaban J connectivity index is 2.45. The molecule has 0 radical (unpaired) electrons. The van der Waals surface area contributed by atoms with E-state index in [-0.39, 0.29) is 0 Å². The molecule has 1 aromatic rings. The number of benzene rings is 1. The van der Waals surface area contributed by atoms with Crippen molar-refractivity contribution in [2.24, 2.45) is 5.73 Å². The van der Waals surface area contributed by atoms with Gasteiger partial charge in [-0.05, 0) is 54.3 Å². The standard InChI is InChI=1S/C11H13ClN2/c12-10-6-11(14)8(3-4-13)5-9(10)7-1-2-7/h3-7H,1-2,13-14H2/b4-3-. The fourth-order valence-corrected chi connectivity index (χ4v) is 1.90. The van der Waals surface area contributed by atoms with Gasteiger partial charge in [-0.15, -0.1) is 0 Å². The molecule has 1 aliphatic carbocycles. The van der Waals surface area contributed by atoms with Gasteiger partial charge in [0.15, 0.2) is 0 Å². The predicted octanol–water partition coefficient (Wildman–Crippen LogP) is 2.73. The van der Waals surface area contributed by atoms with Crippen LogP contribution in [0.3, 0.4) is 0 Å². The number of anilines is 1. The van der Waals surface area contributed by atoms with Crippen LogP contribution in [0.1, 0.15) is 29.9 Å². The molecular formula is C11H13ClN2. The Kier molecular flexibility index (Phi) is 2.38. The summed E-state index contributed by atoms with van der Waals surface area (Å²) in [6.45, 7) is 0. The van der Waals surface area contributed by atoms with Crippen LogP contribution in [0.5, 0.6) is 0 Å². The van der Waals surface area contributed by atoms with Crippen molar-refractivity contribution in [3.05, 3.63) is 34.5 Å². The lowest BCUT2D eigenvalue weighted by molar-refractivity contribution is 1.13. The highest BCUT2D eigenvalue weighted by Gasteiger charge is 2.26. The zero-order valence-electron chi connectivity index (χ0n) is 7.83. The summed E-state index contributed by atoms with van der Waals surface area (Å²) < 4.78 is 0. The van der Waals surface area contributed by atoms with Crippen molar-refractivity contribution in [2.45, 2.75) is 18.8 Å². The molecule has 0 atom stereocenters. The zero-order valence-corrected chi connectivity index (χ0v) is 8.59. The van der Waals surface area contributed by atoms with Gasteiger partial charge in [-0.3, -0.25) is 0 Å². The Morgan fingerprint density at radius 1 is 1.36 bits per heavy atom. The summed E-state index contributed by atoms with van der Waals surface area (Å²) in [6, 6.07) is 3.85. The predicted molar refractivity (Wildman–Crippen MR) is 61.1 cm³/mol. The van der Waals surface area contributed by atoms with Crippen LogP contribution in [0.15, 0.2) is 18.3 Å². The molecule has 2 nitrogen and oxygen atoms in total. The van der Waals surface area contributed by atoms with Crippen molar-refractivity contribution in [1.29, 1.82) is 0 Å². The number of nitrogen functional groups attached to an aromatic ring is 1. The second kappa shape index (κ2) is 3.54. The van der Waals surface area contributed by atoms with E-state index in [1.807, 2.05) is 12.1 Å². The second-order valence-corrected chi connectivity index (χ2v) is 4.04. The highest BCUT2D eigenvalue weighted by Crippen LogP contribution is 2.44. The summed E-state index contributed by atoms with van der Waals surface area (Å²) in [5, 5.41) is 0.777. The average Bonchev–Trinajstić information content (AvgIpc) is 2.93. The molecule has 1 fully saturated rings. The Bertz CT molecular complexity index is 381. The molecule has 0 aromatic heterocycles. The van der Waals surface area contributed by atoms with E-state index in [4.69, 9.17) is 23.1 Å². The van der Waals surface area contributed by atoms with Crippen molar-refractivity contribution in [3.8, 4) is 0 Å². The Morgan fingerprint density at radius 3 is 2.64 bits per heavy atom. The monoisotopic (exact) mass is 208 g/mol. The van der Waals surface area contributed by atoms with E-state index >= 15 is 0 Å². The van der Waals surface area contributed by atoms with Crippen molar-refractivity contribution >= 4 is 23.4 Å².